The lowest BCUT2D eigenvalue weighted by atomic mass is 9.90. The standard InChI is InChI=1S/C19H23NOS/c1-19(13-18(21)20-9-4-5-10-20)17-12-14-6-2-3-7-15(14)16(17)8-11-22-19/h2-3,6-7H,4-5,8-13H2,1H3. The predicted molar refractivity (Wildman–Crippen MR) is 93.0 cm³/mol. The number of allylic oxidation sites excluding steroid dienone is 1. The molecule has 3 heteroatoms. The highest BCUT2D eigenvalue weighted by Crippen LogP contribution is 2.51. The van der Waals surface area contributed by atoms with E-state index >= 15 is 0 Å². The molecule has 0 spiro atoms. The van der Waals surface area contributed by atoms with Crippen molar-refractivity contribution in [2.45, 2.75) is 43.8 Å². The Morgan fingerprint density at radius 2 is 2.05 bits per heavy atom. The van der Waals surface area contributed by atoms with Crippen molar-refractivity contribution >= 4 is 23.2 Å². The van der Waals surface area contributed by atoms with Crippen molar-refractivity contribution in [1.82, 2.24) is 4.90 Å². The molecule has 1 aromatic rings. The van der Waals surface area contributed by atoms with E-state index in [9.17, 15) is 4.79 Å². The number of nitrogens with zero attached hydrogens (tertiary/aromatic N) is 1. The molecule has 1 aromatic carbocycles. The van der Waals surface area contributed by atoms with Crippen LogP contribution in [0.1, 0.15) is 43.7 Å². The fourth-order valence-corrected chi connectivity index (χ4v) is 5.56. The van der Waals surface area contributed by atoms with Gasteiger partial charge in [0, 0.05) is 24.3 Å². The summed E-state index contributed by atoms with van der Waals surface area (Å²) in [6.07, 6.45) is 5.22. The molecule has 116 valence electrons. The minimum absolute atomic E-state index is 0.00766. The average Bonchev–Trinajstić information content (AvgIpc) is 3.15. The van der Waals surface area contributed by atoms with Gasteiger partial charge in [0.15, 0.2) is 0 Å². The van der Waals surface area contributed by atoms with Gasteiger partial charge in [0.2, 0.25) is 5.91 Å². The lowest BCUT2D eigenvalue weighted by molar-refractivity contribution is -0.130. The zero-order valence-electron chi connectivity index (χ0n) is 13.2. The maximum atomic E-state index is 12.7. The first-order chi connectivity index (χ1) is 10.7. The molecule has 2 aliphatic heterocycles. The van der Waals surface area contributed by atoms with Crippen molar-refractivity contribution in [2.24, 2.45) is 0 Å². The molecule has 0 saturated carbocycles. The third-order valence-corrected chi connectivity index (χ3v) is 6.87. The molecule has 0 bridgehead atoms. The molecule has 0 aromatic heterocycles. The quantitative estimate of drug-likeness (QED) is 0.825. The molecule has 1 aliphatic carbocycles. The summed E-state index contributed by atoms with van der Waals surface area (Å²) in [7, 11) is 0. The summed E-state index contributed by atoms with van der Waals surface area (Å²) in [4.78, 5) is 14.7. The minimum atomic E-state index is -0.00766. The molecule has 1 amide bonds. The first kappa shape index (κ1) is 14.4. The van der Waals surface area contributed by atoms with Gasteiger partial charge in [0.25, 0.3) is 0 Å². The molecule has 0 radical (unpaired) electrons. The Kier molecular flexibility index (Phi) is 3.56. The Labute approximate surface area is 137 Å². The lowest BCUT2D eigenvalue weighted by Crippen LogP contribution is -2.37. The summed E-state index contributed by atoms with van der Waals surface area (Å²) >= 11 is 1.99. The van der Waals surface area contributed by atoms with Crippen LogP contribution in [0.2, 0.25) is 0 Å². The topological polar surface area (TPSA) is 20.3 Å². The van der Waals surface area contributed by atoms with E-state index < -0.39 is 0 Å². The van der Waals surface area contributed by atoms with Crippen LogP contribution in [0.15, 0.2) is 29.8 Å². The number of likely N-dealkylation sites (tertiary alicyclic amines) is 1. The Morgan fingerprint density at radius 1 is 1.27 bits per heavy atom. The van der Waals surface area contributed by atoms with E-state index in [1.165, 1.54) is 35.1 Å². The van der Waals surface area contributed by atoms with Crippen molar-refractivity contribution < 1.29 is 4.79 Å². The molecule has 1 unspecified atom stereocenters. The maximum Gasteiger partial charge on any atom is 0.224 e. The Hall–Kier alpha value is -1.22. The molecular formula is C19H23NOS. The number of hydrogen-bond acceptors (Lipinski definition) is 2. The zero-order chi connectivity index (χ0) is 15.2. The predicted octanol–water partition coefficient (Wildman–Crippen LogP) is 3.90. The molecule has 22 heavy (non-hydrogen) atoms. The van der Waals surface area contributed by atoms with E-state index in [1.807, 2.05) is 11.8 Å². The number of benzene rings is 1. The number of thioether (sulfide) groups is 1. The van der Waals surface area contributed by atoms with Crippen LogP contribution in [0.25, 0.3) is 5.57 Å². The van der Waals surface area contributed by atoms with Gasteiger partial charge in [-0.1, -0.05) is 24.3 Å². The van der Waals surface area contributed by atoms with E-state index in [4.69, 9.17) is 0 Å². The summed E-state index contributed by atoms with van der Waals surface area (Å²) in [5, 5.41) is 0. The van der Waals surface area contributed by atoms with Crippen LogP contribution in [-0.4, -0.2) is 34.4 Å². The van der Waals surface area contributed by atoms with Gasteiger partial charge in [-0.2, -0.15) is 11.8 Å². The number of rotatable bonds is 2. The largest absolute Gasteiger partial charge is 0.343 e. The van der Waals surface area contributed by atoms with Crippen molar-refractivity contribution in [3.63, 3.8) is 0 Å². The summed E-state index contributed by atoms with van der Waals surface area (Å²) in [5.74, 6) is 1.49. The van der Waals surface area contributed by atoms with Crippen LogP contribution in [0, 0.1) is 0 Å². The van der Waals surface area contributed by atoms with Gasteiger partial charge >= 0.3 is 0 Å². The molecule has 2 heterocycles. The van der Waals surface area contributed by atoms with Crippen molar-refractivity contribution in [2.75, 3.05) is 18.8 Å². The van der Waals surface area contributed by atoms with Crippen LogP contribution >= 0.6 is 11.8 Å². The third-order valence-electron chi connectivity index (χ3n) is 5.43. The van der Waals surface area contributed by atoms with E-state index in [1.54, 1.807) is 0 Å². The van der Waals surface area contributed by atoms with Crippen LogP contribution in [-0.2, 0) is 11.2 Å². The highest BCUT2D eigenvalue weighted by molar-refractivity contribution is 8.00. The molecule has 4 rings (SSSR count). The van der Waals surface area contributed by atoms with Crippen molar-refractivity contribution in [3.8, 4) is 0 Å². The van der Waals surface area contributed by atoms with Crippen LogP contribution in [0.4, 0.5) is 0 Å². The lowest BCUT2D eigenvalue weighted by Gasteiger charge is -2.36. The van der Waals surface area contributed by atoms with Crippen LogP contribution in [0.3, 0.4) is 0 Å². The van der Waals surface area contributed by atoms with Gasteiger partial charge in [-0.25, -0.2) is 0 Å². The Bertz CT molecular complexity index is 645. The van der Waals surface area contributed by atoms with Gasteiger partial charge in [0.1, 0.15) is 0 Å². The van der Waals surface area contributed by atoms with E-state index in [0.29, 0.717) is 12.3 Å². The first-order valence-electron chi connectivity index (χ1n) is 8.40. The molecule has 3 aliphatic rings. The van der Waals surface area contributed by atoms with Gasteiger partial charge in [0.05, 0.1) is 0 Å². The van der Waals surface area contributed by atoms with E-state index in [2.05, 4.69) is 36.1 Å². The van der Waals surface area contributed by atoms with E-state index in [-0.39, 0.29) is 4.75 Å². The second-order valence-electron chi connectivity index (χ2n) is 6.89. The Morgan fingerprint density at radius 3 is 2.86 bits per heavy atom. The minimum Gasteiger partial charge on any atom is -0.343 e. The first-order valence-corrected chi connectivity index (χ1v) is 9.38. The molecule has 1 fully saturated rings. The third kappa shape index (κ3) is 2.30. The number of carbonyl (C=O) groups is 1. The second kappa shape index (κ2) is 5.45. The van der Waals surface area contributed by atoms with Gasteiger partial charge in [-0.3, -0.25) is 4.79 Å². The van der Waals surface area contributed by atoms with E-state index in [0.717, 1.165) is 31.7 Å². The van der Waals surface area contributed by atoms with Crippen molar-refractivity contribution in [1.29, 1.82) is 0 Å². The fourth-order valence-electron chi connectivity index (χ4n) is 4.21. The maximum absolute atomic E-state index is 12.7. The van der Waals surface area contributed by atoms with Gasteiger partial charge in [-0.05, 0) is 60.6 Å². The molecular weight excluding hydrogens is 290 g/mol. The number of carbonyl (C=O) groups excluding carboxylic acids is 1. The summed E-state index contributed by atoms with van der Waals surface area (Å²) in [6, 6.07) is 8.79. The fraction of sp³-hybridized carbons (Fsp3) is 0.526. The highest BCUT2D eigenvalue weighted by Gasteiger charge is 2.41. The Balaban J connectivity index is 1.62. The summed E-state index contributed by atoms with van der Waals surface area (Å²) in [5.41, 5.74) is 5.95. The molecule has 2 nitrogen and oxygen atoms in total. The summed E-state index contributed by atoms with van der Waals surface area (Å²) in [6.45, 7) is 4.23. The van der Waals surface area contributed by atoms with Gasteiger partial charge in [-0.15, -0.1) is 0 Å². The smallest absolute Gasteiger partial charge is 0.224 e. The van der Waals surface area contributed by atoms with Gasteiger partial charge < -0.3 is 4.90 Å². The number of fused-ring (bicyclic) bond motifs is 2. The SMILES string of the molecule is CC1(CC(=O)N2CCCC2)SCCC2=C1Cc1ccccc12. The van der Waals surface area contributed by atoms with Crippen molar-refractivity contribution in [3.05, 3.63) is 41.0 Å². The van der Waals surface area contributed by atoms with Crippen LogP contribution < -0.4 is 0 Å². The normalized spacial score (nSPS) is 27.0. The second-order valence-corrected chi connectivity index (χ2v) is 8.48. The monoisotopic (exact) mass is 313 g/mol. The number of hydrogen-bond donors (Lipinski definition) is 0. The zero-order valence-corrected chi connectivity index (χ0v) is 14.0. The average molecular weight is 313 g/mol. The molecule has 0 N–H and O–H groups in total. The molecule has 1 saturated heterocycles. The van der Waals surface area contributed by atoms with Crippen LogP contribution in [0.5, 0.6) is 0 Å². The number of amides is 1. The highest BCUT2D eigenvalue weighted by atomic mass is 32.2. The molecule has 1 atom stereocenters. The summed E-state index contributed by atoms with van der Waals surface area (Å²) < 4.78 is -0.00766.